The van der Waals surface area contributed by atoms with E-state index in [0.29, 0.717) is 32.0 Å². The molecule has 21 heavy (non-hydrogen) atoms. The van der Waals surface area contributed by atoms with Gasteiger partial charge in [0, 0.05) is 25.6 Å². The van der Waals surface area contributed by atoms with Crippen molar-refractivity contribution in [3.8, 4) is 0 Å². The highest BCUT2D eigenvalue weighted by atomic mass is 16.2. The van der Waals surface area contributed by atoms with Crippen molar-refractivity contribution in [2.45, 2.75) is 45.2 Å². The summed E-state index contributed by atoms with van der Waals surface area (Å²) in [5, 5.41) is 3.01. The highest BCUT2D eigenvalue weighted by molar-refractivity contribution is 5.84. The van der Waals surface area contributed by atoms with Crippen LogP contribution in [0.15, 0.2) is 24.3 Å². The summed E-state index contributed by atoms with van der Waals surface area (Å²) in [4.78, 5) is 26.1. The van der Waals surface area contributed by atoms with Crippen molar-refractivity contribution in [3.05, 3.63) is 35.4 Å². The number of hydrogen-bond acceptors (Lipinski definition) is 2. The lowest BCUT2D eigenvalue weighted by Crippen LogP contribution is -2.46. The van der Waals surface area contributed by atoms with Crippen LogP contribution in [0.25, 0.3) is 0 Å². The topological polar surface area (TPSA) is 49.4 Å². The van der Waals surface area contributed by atoms with Gasteiger partial charge >= 0.3 is 0 Å². The number of nitrogens with zero attached hydrogens (tertiary/aromatic N) is 1. The Morgan fingerprint density at radius 2 is 2.14 bits per heavy atom. The maximum absolute atomic E-state index is 12.3. The van der Waals surface area contributed by atoms with Crippen LogP contribution in [0.5, 0.6) is 0 Å². The van der Waals surface area contributed by atoms with Gasteiger partial charge in [-0.05, 0) is 31.7 Å². The van der Waals surface area contributed by atoms with E-state index in [4.69, 9.17) is 0 Å². The molecule has 4 nitrogen and oxygen atoms in total. The summed E-state index contributed by atoms with van der Waals surface area (Å²) < 4.78 is 0. The number of likely N-dealkylation sites (tertiary alicyclic amines) is 1. The van der Waals surface area contributed by atoms with E-state index in [-0.39, 0.29) is 17.7 Å². The van der Waals surface area contributed by atoms with Crippen LogP contribution in [-0.2, 0) is 16.1 Å². The number of rotatable bonds is 4. The summed E-state index contributed by atoms with van der Waals surface area (Å²) in [6.45, 7) is 3.21. The van der Waals surface area contributed by atoms with Crippen LogP contribution >= 0.6 is 0 Å². The van der Waals surface area contributed by atoms with Gasteiger partial charge in [0.2, 0.25) is 11.8 Å². The molecule has 0 aromatic heterocycles. The molecule has 4 heteroatoms. The first kappa shape index (κ1) is 14.1. The molecule has 0 bridgehead atoms. The zero-order valence-electron chi connectivity index (χ0n) is 12.5. The largest absolute Gasteiger partial charge is 0.352 e. The number of amides is 2. The molecule has 2 fully saturated rings. The second-order valence-electron chi connectivity index (χ2n) is 6.22. The minimum atomic E-state index is -0.0480. The Bertz CT molecular complexity index is 551. The van der Waals surface area contributed by atoms with Crippen LogP contribution in [0.1, 0.15) is 36.8 Å². The van der Waals surface area contributed by atoms with Crippen LogP contribution in [-0.4, -0.2) is 29.3 Å². The van der Waals surface area contributed by atoms with Gasteiger partial charge in [-0.15, -0.1) is 0 Å². The number of benzene rings is 1. The smallest absolute Gasteiger partial charge is 0.225 e. The first-order valence-corrected chi connectivity index (χ1v) is 7.76. The summed E-state index contributed by atoms with van der Waals surface area (Å²) in [6.07, 6.45) is 3.40. The number of carbonyl (C=O) groups is 2. The molecule has 1 aliphatic heterocycles. The quantitative estimate of drug-likeness (QED) is 0.920. The maximum atomic E-state index is 12.3. The van der Waals surface area contributed by atoms with E-state index in [2.05, 4.69) is 11.4 Å². The third-order valence-electron chi connectivity index (χ3n) is 4.35. The van der Waals surface area contributed by atoms with Gasteiger partial charge in [0.1, 0.15) is 0 Å². The van der Waals surface area contributed by atoms with Crippen LogP contribution in [0.3, 0.4) is 0 Å². The second kappa shape index (κ2) is 5.88. The molecule has 1 saturated heterocycles. The monoisotopic (exact) mass is 286 g/mol. The molecule has 1 heterocycles. The van der Waals surface area contributed by atoms with Crippen LogP contribution in [0, 0.1) is 12.8 Å². The molecule has 112 valence electrons. The fraction of sp³-hybridized carbons (Fsp3) is 0.529. The normalized spacial score (nSPS) is 22.2. The summed E-state index contributed by atoms with van der Waals surface area (Å²) in [7, 11) is 0. The van der Waals surface area contributed by atoms with Crippen molar-refractivity contribution in [1.29, 1.82) is 0 Å². The highest BCUT2D eigenvalue weighted by Gasteiger charge is 2.38. The summed E-state index contributed by atoms with van der Waals surface area (Å²) >= 11 is 0. The molecule has 1 aromatic carbocycles. The fourth-order valence-corrected chi connectivity index (χ4v) is 2.98. The SMILES string of the molecule is Cc1cccc(CNC(=O)[C@@H]2CCC(=O)N(C3CC3)C2)c1. The average Bonchev–Trinajstić information content (AvgIpc) is 3.30. The molecule has 1 aliphatic carbocycles. The van der Waals surface area contributed by atoms with Crippen molar-refractivity contribution in [2.75, 3.05) is 6.54 Å². The van der Waals surface area contributed by atoms with Crippen molar-refractivity contribution >= 4 is 11.8 Å². The van der Waals surface area contributed by atoms with E-state index in [1.54, 1.807) is 0 Å². The Kier molecular flexibility index (Phi) is 3.95. The Hall–Kier alpha value is -1.84. The van der Waals surface area contributed by atoms with E-state index in [1.807, 2.05) is 30.0 Å². The molecule has 1 N–H and O–H groups in total. The van der Waals surface area contributed by atoms with Crippen molar-refractivity contribution in [3.63, 3.8) is 0 Å². The summed E-state index contributed by atoms with van der Waals surface area (Å²) in [5.41, 5.74) is 2.32. The number of hydrogen-bond donors (Lipinski definition) is 1. The molecule has 1 atom stereocenters. The highest BCUT2D eigenvalue weighted by Crippen LogP contribution is 2.31. The van der Waals surface area contributed by atoms with E-state index in [1.165, 1.54) is 5.56 Å². The summed E-state index contributed by atoms with van der Waals surface area (Å²) in [6, 6.07) is 8.57. The molecule has 3 rings (SSSR count). The fourth-order valence-electron chi connectivity index (χ4n) is 2.98. The Morgan fingerprint density at radius 1 is 1.33 bits per heavy atom. The number of piperidine rings is 1. The lowest BCUT2D eigenvalue weighted by atomic mass is 9.96. The molecule has 0 radical (unpaired) electrons. The molecule has 2 aliphatic rings. The van der Waals surface area contributed by atoms with E-state index in [0.717, 1.165) is 18.4 Å². The van der Waals surface area contributed by atoms with Gasteiger partial charge in [-0.25, -0.2) is 0 Å². The average molecular weight is 286 g/mol. The molecule has 2 amide bonds. The Labute approximate surface area is 125 Å². The molecular formula is C17H22N2O2. The van der Waals surface area contributed by atoms with E-state index in [9.17, 15) is 9.59 Å². The Morgan fingerprint density at radius 3 is 2.86 bits per heavy atom. The van der Waals surface area contributed by atoms with Crippen LogP contribution in [0.4, 0.5) is 0 Å². The van der Waals surface area contributed by atoms with Gasteiger partial charge in [0.05, 0.1) is 5.92 Å². The number of aryl methyl sites for hydroxylation is 1. The Balaban J connectivity index is 1.54. The minimum absolute atomic E-state index is 0.0480. The van der Waals surface area contributed by atoms with Crippen LogP contribution in [0.2, 0.25) is 0 Å². The molecule has 1 saturated carbocycles. The lowest BCUT2D eigenvalue weighted by molar-refractivity contribution is -0.138. The van der Waals surface area contributed by atoms with Crippen molar-refractivity contribution in [2.24, 2.45) is 5.92 Å². The molecule has 0 spiro atoms. The van der Waals surface area contributed by atoms with Gasteiger partial charge < -0.3 is 10.2 Å². The predicted molar refractivity (Wildman–Crippen MR) is 80.5 cm³/mol. The first-order valence-electron chi connectivity index (χ1n) is 7.76. The first-order chi connectivity index (χ1) is 10.1. The van der Waals surface area contributed by atoms with E-state index >= 15 is 0 Å². The third kappa shape index (κ3) is 3.43. The van der Waals surface area contributed by atoms with Gasteiger partial charge in [-0.2, -0.15) is 0 Å². The van der Waals surface area contributed by atoms with E-state index < -0.39 is 0 Å². The molecule has 1 aromatic rings. The van der Waals surface area contributed by atoms with Gasteiger partial charge in [0.25, 0.3) is 0 Å². The van der Waals surface area contributed by atoms with Crippen LogP contribution < -0.4 is 5.32 Å². The summed E-state index contributed by atoms with van der Waals surface area (Å²) in [5.74, 6) is 0.253. The lowest BCUT2D eigenvalue weighted by Gasteiger charge is -2.32. The molecule has 0 unspecified atom stereocenters. The standard InChI is InChI=1S/C17H22N2O2/c1-12-3-2-4-13(9-12)10-18-17(21)14-5-8-16(20)19(11-14)15-6-7-15/h2-4,9,14-15H,5-8,10-11H2,1H3,(H,18,21)/t14-/m1/s1. The molecular weight excluding hydrogens is 264 g/mol. The zero-order chi connectivity index (χ0) is 14.8. The second-order valence-corrected chi connectivity index (χ2v) is 6.22. The van der Waals surface area contributed by atoms with Gasteiger partial charge in [-0.3, -0.25) is 9.59 Å². The number of nitrogens with one attached hydrogen (secondary N) is 1. The minimum Gasteiger partial charge on any atom is -0.352 e. The zero-order valence-corrected chi connectivity index (χ0v) is 12.5. The van der Waals surface area contributed by atoms with Crippen molar-refractivity contribution in [1.82, 2.24) is 10.2 Å². The van der Waals surface area contributed by atoms with Gasteiger partial charge in [-0.1, -0.05) is 29.8 Å². The maximum Gasteiger partial charge on any atom is 0.225 e. The number of carbonyl (C=O) groups excluding carboxylic acids is 2. The predicted octanol–water partition coefficient (Wildman–Crippen LogP) is 2.01. The van der Waals surface area contributed by atoms with Crippen molar-refractivity contribution < 1.29 is 9.59 Å². The third-order valence-corrected chi connectivity index (χ3v) is 4.35. The van der Waals surface area contributed by atoms with Gasteiger partial charge in [0.15, 0.2) is 0 Å².